The van der Waals surface area contributed by atoms with E-state index in [9.17, 15) is 0 Å². The number of hydrogen-bond donors (Lipinski definition) is 0. The van der Waals surface area contributed by atoms with Crippen LogP contribution >= 0.6 is 23.2 Å². The molecule has 0 radical (unpaired) electrons. The standard InChI is InChI=1S/C16H14Cl2/c1-10-8-9-12-11(10)4-2-5-13(12)16-14(17)6-3-7-15(16)18/h2-7,10H,8-9H2,1H3/t10-/m1/s1. The summed E-state index contributed by atoms with van der Waals surface area (Å²) in [6.45, 7) is 2.28. The summed E-state index contributed by atoms with van der Waals surface area (Å²) in [6.07, 6.45) is 2.34. The lowest BCUT2D eigenvalue weighted by Crippen LogP contribution is -1.91. The maximum atomic E-state index is 6.32. The monoisotopic (exact) mass is 276 g/mol. The van der Waals surface area contributed by atoms with Crippen LogP contribution in [0.3, 0.4) is 0 Å². The van der Waals surface area contributed by atoms with Gasteiger partial charge >= 0.3 is 0 Å². The zero-order valence-corrected chi connectivity index (χ0v) is 11.7. The topological polar surface area (TPSA) is 0 Å². The van der Waals surface area contributed by atoms with Gasteiger partial charge in [-0.05, 0) is 47.6 Å². The molecule has 1 atom stereocenters. The summed E-state index contributed by atoms with van der Waals surface area (Å²) in [5.41, 5.74) is 5.04. The molecule has 0 saturated heterocycles. The highest BCUT2D eigenvalue weighted by molar-refractivity contribution is 6.39. The molecule has 0 amide bonds. The Morgan fingerprint density at radius 3 is 2.39 bits per heavy atom. The molecule has 1 aliphatic rings. The maximum absolute atomic E-state index is 6.32. The van der Waals surface area contributed by atoms with Crippen molar-refractivity contribution in [2.24, 2.45) is 0 Å². The molecular formula is C16H14Cl2. The molecule has 92 valence electrons. The third-order valence-electron chi connectivity index (χ3n) is 3.80. The second-order valence-electron chi connectivity index (χ2n) is 4.91. The van der Waals surface area contributed by atoms with Gasteiger partial charge in [0.25, 0.3) is 0 Å². The summed E-state index contributed by atoms with van der Waals surface area (Å²) in [4.78, 5) is 0. The Morgan fingerprint density at radius 2 is 1.67 bits per heavy atom. The second kappa shape index (κ2) is 4.60. The fourth-order valence-corrected chi connectivity index (χ4v) is 3.45. The maximum Gasteiger partial charge on any atom is 0.0499 e. The Balaban J connectivity index is 2.25. The van der Waals surface area contributed by atoms with Gasteiger partial charge in [-0.25, -0.2) is 0 Å². The zero-order chi connectivity index (χ0) is 12.7. The van der Waals surface area contributed by atoms with Crippen molar-refractivity contribution in [3.63, 3.8) is 0 Å². The predicted octanol–water partition coefficient (Wildman–Crippen LogP) is 5.71. The van der Waals surface area contributed by atoms with E-state index in [1.807, 2.05) is 18.2 Å². The Hall–Kier alpha value is -0.980. The van der Waals surface area contributed by atoms with Crippen molar-refractivity contribution < 1.29 is 0 Å². The van der Waals surface area contributed by atoms with Crippen LogP contribution in [0.2, 0.25) is 10.0 Å². The first-order valence-electron chi connectivity index (χ1n) is 6.24. The molecule has 0 heterocycles. The lowest BCUT2D eigenvalue weighted by molar-refractivity contribution is 0.747. The van der Waals surface area contributed by atoms with Crippen molar-refractivity contribution in [3.8, 4) is 11.1 Å². The van der Waals surface area contributed by atoms with Crippen molar-refractivity contribution in [2.45, 2.75) is 25.7 Å². The molecule has 18 heavy (non-hydrogen) atoms. The predicted molar refractivity (Wildman–Crippen MR) is 78.6 cm³/mol. The number of rotatable bonds is 1. The average Bonchev–Trinajstić information content (AvgIpc) is 2.72. The van der Waals surface area contributed by atoms with Gasteiger partial charge in [-0.2, -0.15) is 0 Å². The van der Waals surface area contributed by atoms with Crippen LogP contribution in [0, 0.1) is 0 Å². The van der Waals surface area contributed by atoms with Gasteiger partial charge in [0.2, 0.25) is 0 Å². The molecular weight excluding hydrogens is 263 g/mol. The van der Waals surface area contributed by atoms with Crippen molar-refractivity contribution in [1.29, 1.82) is 0 Å². The summed E-state index contributed by atoms with van der Waals surface area (Å²) in [5.74, 6) is 0.640. The molecule has 0 unspecified atom stereocenters. The van der Waals surface area contributed by atoms with E-state index in [4.69, 9.17) is 23.2 Å². The van der Waals surface area contributed by atoms with E-state index in [1.165, 1.54) is 23.1 Å². The Bertz CT molecular complexity index is 582. The minimum atomic E-state index is 0.640. The molecule has 1 aliphatic carbocycles. The van der Waals surface area contributed by atoms with Gasteiger partial charge in [0.1, 0.15) is 0 Å². The minimum Gasteiger partial charge on any atom is -0.0836 e. The summed E-state index contributed by atoms with van der Waals surface area (Å²) < 4.78 is 0. The van der Waals surface area contributed by atoms with E-state index < -0.39 is 0 Å². The summed E-state index contributed by atoms with van der Waals surface area (Å²) in [5, 5.41) is 1.46. The van der Waals surface area contributed by atoms with Gasteiger partial charge in [0.15, 0.2) is 0 Å². The van der Waals surface area contributed by atoms with Crippen LogP contribution in [0.5, 0.6) is 0 Å². The fraction of sp³-hybridized carbons (Fsp3) is 0.250. The summed E-state index contributed by atoms with van der Waals surface area (Å²) in [6, 6.07) is 12.2. The molecule has 0 N–H and O–H groups in total. The van der Waals surface area contributed by atoms with Crippen LogP contribution in [0.1, 0.15) is 30.4 Å². The van der Waals surface area contributed by atoms with Gasteiger partial charge in [0, 0.05) is 15.6 Å². The Labute approximate surface area is 118 Å². The fourth-order valence-electron chi connectivity index (χ4n) is 2.85. The highest BCUT2D eigenvalue weighted by atomic mass is 35.5. The molecule has 2 aromatic rings. The van der Waals surface area contributed by atoms with Gasteiger partial charge < -0.3 is 0 Å². The van der Waals surface area contributed by atoms with Crippen molar-refractivity contribution >= 4 is 23.2 Å². The molecule has 0 nitrogen and oxygen atoms in total. The van der Waals surface area contributed by atoms with Crippen LogP contribution in [0.4, 0.5) is 0 Å². The Kier molecular flexibility index (Phi) is 3.09. The first kappa shape index (κ1) is 12.1. The van der Waals surface area contributed by atoms with Crippen molar-refractivity contribution in [2.75, 3.05) is 0 Å². The van der Waals surface area contributed by atoms with Crippen molar-refractivity contribution in [3.05, 3.63) is 57.6 Å². The second-order valence-corrected chi connectivity index (χ2v) is 5.72. The van der Waals surface area contributed by atoms with E-state index in [2.05, 4.69) is 25.1 Å². The number of fused-ring (bicyclic) bond motifs is 1. The minimum absolute atomic E-state index is 0.640. The molecule has 0 spiro atoms. The quantitative estimate of drug-likeness (QED) is 0.626. The first-order chi connectivity index (χ1) is 8.68. The first-order valence-corrected chi connectivity index (χ1v) is 7.00. The van der Waals surface area contributed by atoms with E-state index in [1.54, 1.807) is 0 Å². The lowest BCUT2D eigenvalue weighted by Gasteiger charge is -2.12. The molecule has 0 fully saturated rings. The van der Waals surface area contributed by atoms with Crippen LogP contribution in [-0.4, -0.2) is 0 Å². The summed E-state index contributed by atoms with van der Waals surface area (Å²) in [7, 11) is 0. The normalized spacial score (nSPS) is 17.8. The Morgan fingerprint density at radius 1 is 1.00 bits per heavy atom. The van der Waals surface area contributed by atoms with Crippen LogP contribution in [0.15, 0.2) is 36.4 Å². The molecule has 0 aliphatic heterocycles. The summed E-state index contributed by atoms with van der Waals surface area (Å²) >= 11 is 12.6. The smallest absolute Gasteiger partial charge is 0.0499 e. The lowest BCUT2D eigenvalue weighted by atomic mass is 9.95. The molecule has 0 aromatic heterocycles. The van der Waals surface area contributed by atoms with Crippen LogP contribution in [0.25, 0.3) is 11.1 Å². The molecule has 0 saturated carbocycles. The van der Waals surface area contributed by atoms with E-state index in [0.29, 0.717) is 5.92 Å². The molecule has 0 bridgehead atoms. The highest BCUT2D eigenvalue weighted by Crippen LogP contribution is 2.42. The van der Waals surface area contributed by atoms with Gasteiger partial charge in [0.05, 0.1) is 0 Å². The van der Waals surface area contributed by atoms with Gasteiger partial charge in [-0.3, -0.25) is 0 Å². The largest absolute Gasteiger partial charge is 0.0836 e. The van der Waals surface area contributed by atoms with Crippen LogP contribution < -0.4 is 0 Å². The van der Waals surface area contributed by atoms with Gasteiger partial charge in [-0.15, -0.1) is 0 Å². The third kappa shape index (κ3) is 1.84. The number of halogens is 2. The molecule has 2 heteroatoms. The third-order valence-corrected chi connectivity index (χ3v) is 4.43. The molecule has 2 aromatic carbocycles. The van der Waals surface area contributed by atoms with Crippen molar-refractivity contribution in [1.82, 2.24) is 0 Å². The van der Waals surface area contributed by atoms with E-state index >= 15 is 0 Å². The highest BCUT2D eigenvalue weighted by Gasteiger charge is 2.23. The average molecular weight is 277 g/mol. The van der Waals surface area contributed by atoms with Crippen LogP contribution in [-0.2, 0) is 6.42 Å². The number of hydrogen-bond acceptors (Lipinski definition) is 0. The number of benzene rings is 2. The zero-order valence-electron chi connectivity index (χ0n) is 10.2. The van der Waals surface area contributed by atoms with Gasteiger partial charge in [-0.1, -0.05) is 54.4 Å². The SMILES string of the molecule is C[C@@H]1CCc2c(-c3c(Cl)cccc3Cl)cccc21. The van der Waals surface area contributed by atoms with E-state index in [-0.39, 0.29) is 0 Å². The van der Waals surface area contributed by atoms with E-state index in [0.717, 1.165) is 22.0 Å². The molecule has 3 rings (SSSR count).